The van der Waals surface area contributed by atoms with E-state index in [0.29, 0.717) is 17.5 Å². The highest BCUT2D eigenvalue weighted by Gasteiger charge is 2.27. The van der Waals surface area contributed by atoms with Gasteiger partial charge in [0.15, 0.2) is 0 Å². The number of rotatable bonds is 3. The first-order valence-electron chi connectivity index (χ1n) is 6.79. The van der Waals surface area contributed by atoms with E-state index >= 15 is 0 Å². The van der Waals surface area contributed by atoms with Crippen LogP contribution in [-0.2, 0) is 0 Å². The van der Waals surface area contributed by atoms with Crippen LogP contribution in [-0.4, -0.2) is 6.04 Å². The molecule has 0 aromatic carbocycles. The average Bonchev–Trinajstić information content (AvgIpc) is 2.68. The zero-order chi connectivity index (χ0) is 12.5. The molecule has 0 saturated heterocycles. The molecule has 17 heavy (non-hydrogen) atoms. The summed E-state index contributed by atoms with van der Waals surface area (Å²) >= 11 is 0. The van der Waals surface area contributed by atoms with E-state index in [9.17, 15) is 0 Å². The van der Waals surface area contributed by atoms with Gasteiger partial charge in [-0.1, -0.05) is 13.8 Å². The average molecular weight is 235 g/mol. The molecule has 0 aliphatic heterocycles. The molecule has 1 fully saturated rings. The van der Waals surface area contributed by atoms with Crippen molar-refractivity contribution in [3.05, 3.63) is 23.7 Å². The van der Waals surface area contributed by atoms with Crippen LogP contribution in [0.25, 0.3) is 0 Å². The van der Waals surface area contributed by atoms with Gasteiger partial charge >= 0.3 is 0 Å². The van der Waals surface area contributed by atoms with Crippen LogP contribution in [0, 0.1) is 12.3 Å². The van der Waals surface area contributed by atoms with Crippen molar-refractivity contribution in [2.45, 2.75) is 65.5 Å². The molecule has 1 aromatic heterocycles. The van der Waals surface area contributed by atoms with Crippen LogP contribution in [0.1, 0.15) is 64.0 Å². The summed E-state index contributed by atoms with van der Waals surface area (Å²) in [6, 6.07) is 5.11. The van der Waals surface area contributed by atoms with Gasteiger partial charge < -0.3 is 9.73 Å². The Morgan fingerprint density at radius 1 is 1.29 bits per heavy atom. The summed E-state index contributed by atoms with van der Waals surface area (Å²) in [6.45, 7) is 8.95. The summed E-state index contributed by atoms with van der Waals surface area (Å²) in [7, 11) is 0. The Kier molecular flexibility index (Phi) is 3.62. The molecule has 1 atom stereocenters. The van der Waals surface area contributed by atoms with E-state index in [1.54, 1.807) is 0 Å². The van der Waals surface area contributed by atoms with Gasteiger partial charge in [-0.05, 0) is 57.1 Å². The van der Waals surface area contributed by atoms with E-state index in [0.717, 1.165) is 11.5 Å². The second-order valence-corrected chi connectivity index (χ2v) is 6.28. The van der Waals surface area contributed by atoms with Crippen LogP contribution in [0.4, 0.5) is 0 Å². The number of nitrogens with one attached hydrogen (secondary N) is 1. The van der Waals surface area contributed by atoms with Gasteiger partial charge in [0.1, 0.15) is 11.5 Å². The van der Waals surface area contributed by atoms with Crippen LogP contribution in [0.5, 0.6) is 0 Å². The van der Waals surface area contributed by atoms with Gasteiger partial charge in [-0.2, -0.15) is 0 Å². The van der Waals surface area contributed by atoms with Gasteiger partial charge in [-0.3, -0.25) is 0 Å². The summed E-state index contributed by atoms with van der Waals surface area (Å²) in [6.07, 6.45) is 5.23. The lowest BCUT2D eigenvalue weighted by Gasteiger charge is -2.35. The van der Waals surface area contributed by atoms with Crippen LogP contribution in [0.15, 0.2) is 16.5 Å². The Morgan fingerprint density at radius 2 is 1.94 bits per heavy atom. The van der Waals surface area contributed by atoms with E-state index in [1.807, 2.05) is 13.0 Å². The third-order valence-corrected chi connectivity index (χ3v) is 4.01. The van der Waals surface area contributed by atoms with Gasteiger partial charge in [0.25, 0.3) is 0 Å². The highest BCUT2D eigenvalue weighted by Crippen LogP contribution is 2.35. The molecule has 1 N–H and O–H groups in total. The Morgan fingerprint density at radius 3 is 2.47 bits per heavy atom. The quantitative estimate of drug-likeness (QED) is 0.849. The van der Waals surface area contributed by atoms with E-state index < -0.39 is 0 Å². The Bertz CT molecular complexity index is 357. The maximum Gasteiger partial charge on any atom is 0.120 e. The Balaban J connectivity index is 1.86. The molecule has 1 aliphatic carbocycles. The third kappa shape index (κ3) is 3.35. The van der Waals surface area contributed by atoms with Crippen molar-refractivity contribution >= 4 is 0 Å². The van der Waals surface area contributed by atoms with E-state index in [2.05, 4.69) is 32.2 Å². The molecular formula is C15H25NO. The first-order valence-corrected chi connectivity index (χ1v) is 6.79. The highest BCUT2D eigenvalue weighted by molar-refractivity contribution is 5.09. The molecule has 0 bridgehead atoms. The second-order valence-electron chi connectivity index (χ2n) is 6.28. The fourth-order valence-corrected chi connectivity index (χ4v) is 2.69. The SMILES string of the molecule is Cc1ccc(C(C)NC2CCC(C)(C)CC2)o1. The summed E-state index contributed by atoms with van der Waals surface area (Å²) in [5.74, 6) is 2.06. The molecule has 1 unspecified atom stereocenters. The molecule has 0 amide bonds. The zero-order valence-electron chi connectivity index (χ0n) is 11.5. The fourth-order valence-electron chi connectivity index (χ4n) is 2.69. The van der Waals surface area contributed by atoms with Crippen molar-refractivity contribution in [3.8, 4) is 0 Å². The summed E-state index contributed by atoms with van der Waals surface area (Å²) in [5.41, 5.74) is 0.544. The number of aryl methyl sites for hydroxylation is 1. The molecule has 1 heterocycles. The lowest BCUT2D eigenvalue weighted by atomic mass is 9.75. The van der Waals surface area contributed by atoms with Crippen LogP contribution >= 0.6 is 0 Å². The number of hydrogen-bond acceptors (Lipinski definition) is 2. The topological polar surface area (TPSA) is 25.2 Å². The maximum atomic E-state index is 5.67. The smallest absolute Gasteiger partial charge is 0.120 e. The van der Waals surface area contributed by atoms with E-state index in [-0.39, 0.29) is 0 Å². The molecule has 96 valence electrons. The van der Waals surface area contributed by atoms with E-state index in [1.165, 1.54) is 25.7 Å². The molecule has 1 saturated carbocycles. The van der Waals surface area contributed by atoms with Crippen LogP contribution in [0.2, 0.25) is 0 Å². The van der Waals surface area contributed by atoms with Gasteiger partial charge in [0, 0.05) is 6.04 Å². The maximum absolute atomic E-state index is 5.67. The van der Waals surface area contributed by atoms with Crippen molar-refractivity contribution in [3.63, 3.8) is 0 Å². The first kappa shape index (κ1) is 12.7. The normalized spacial score (nSPS) is 22.6. The van der Waals surface area contributed by atoms with Crippen LogP contribution < -0.4 is 5.32 Å². The molecule has 2 rings (SSSR count). The standard InChI is InChI=1S/C15H25NO/c1-11-5-6-14(17-11)12(2)16-13-7-9-15(3,4)10-8-13/h5-6,12-13,16H,7-10H2,1-4H3. The summed E-state index contributed by atoms with van der Waals surface area (Å²) in [5, 5.41) is 3.69. The molecule has 0 spiro atoms. The Hall–Kier alpha value is -0.760. The van der Waals surface area contributed by atoms with Crippen LogP contribution in [0.3, 0.4) is 0 Å². The fraction of sp³-hybridized carbons (Fsp3) is 0.733. The minimum atomic E-state index is 0.329. The predicted molar refractivity (Wildman–Crippen MR) is 71.0 cm³/mol. The largest absolute Gasteiger partial charge is 0.465 e. The number of furan rings is 1. The lowest BCUT2D eigenvalue weighted by molar-refractivity contribution is 0.196. The van der Waals surface area contributed by atoms with Gasteiger partial charge in [-0.15, -0.1) is 0 Å². The molecular weight excluding hydrogens is 210 g/mol. The van der Waals surface area contributed by atoms with Gasteiger partial charge in [-0.25, -0.2) is 0 Å². The monoisotopic (exact) mass is 235 g/mol. The summed E-state index contributed by atoms with van der Waals surface area (Å²) < 4.78 is 5.67. The predicted octanol–water partition coefficient (Wildman–Crippen LogP) is 4.21. The summed E-state index contributed by atoms with van der Waals surface area (Å²) in [4.78, 5) is 0. The number of hydrogen-bond donors (Lipinski definition) is 1. The Labute approximate surface area is 105 Å². The zero-order valence-corrected chi connectivity index (χ0v) is 11.5. The molecule has 2 heteroatoms. The van der Waals surface area contributed by atoms with E-state index in [4.69, 9.17) is 4.42 Å². The van der Waals surface area contributed by atoms with Gasteiger partial charge in [0.2, 0.25) is 0 Å². The molecule has 0 radical (unpaired) electrons. The molecule has 1 aliphatic rings. The second kappa shape index (κ2) is 4.85. The molecule has 1 aromatic rings. The van der Waals surface area contributed by atoms with Gasteiger partial charge in [0.05, 0.1) is 6.04 Å². The third-order valence-electron chi connectivity index (χ3n) is 4.01. The van der Waals surface area contributed by atoms with Crippen molar-refractivity contribution in [2.24, 2.45) is 5.41 Å². The lowest BCUT2D eigenvalue weighted by Crippen LogP contribution is -2.36. The van der Waals surface area contributed by atoms with Crippen molar-refractivity contribution in [1.82, 2.24) is 5.32 Å². The first-order chi connectivity index (χ1) is 7.96. The minimum absolute atomic E-state index is 0.329. The minimum Gasteiger partial charge on any atom is -0.465 e. The molecule has 2 nitrogen and oxygen atoms in total. The van der Waals surface area contributed by atoms with Crippen molar-refractivity contribution in [2.75, 3.05) is 0 Å². The highest BCUT2D eigenvalue weighted by atomic mass is 16.3. The van der Waals surface area contributed by atoms with Crippen molar-refractivity contribution in [1.29, 1.82) is 0 Å². The van der Waals surface area contributed by atoms with Crippen molar-refractivity contribution < 1.29 is 4.42 Å².